The summed E-state index contributed by atoms with van der Waals surface area (Å²) < 4.78 is 7.76. The minimum atomic E-state index is -0.00462. The molecule has 0 N–H and O–H groups in total. The van der Waals surface area contributed by atoms with Gasteiger partial charge in [-0.25, -0.2) is 4.98 Å². The zero-order valence-corrected chi connectivity index (χ0v) is 32.6. The molecule has 0 spiro atoms. The summed E-state index contributed by atoms with van der Waals surface area (Å²) in [5.41, 5.74) is 12.7. The van der Waals surface area contributed by atoms with Crippen molar-refractivity contribution in [1.29, 1.82) is 0 Å². The molecule has 0 amide bonds. The van der Waals surface area contributed by atoms with Gasteiger partial charge in [0.1, 0.15) is 11.1 Å². The summed E-state index contributed by atoms with van der Waals surface area (Å²) in [6.07, 6.45) is 3.82. The number of hydrogen-bond donors (Lipinski definition) is 0. The fraction of sp³-hybridized carbons (Fsp3) is 0.205. The maximum absolute atomic E-state index is 6.60. The second-order valence-electron chi connectivity index (χ2n) is 13.8. The maximum atomic E-state index is 6.60. The van der Waals surface area contributed by atoms with E-state index in [0.29, 0.717) is 5.92 Å². The molecule has 0 aliphatic carbocycles. The second kappa shape index (κ2) is 14.4. The van der Waals surface area contributed by atoms with Crippen molar-refractivity contribution in [3.05, 3.63) is 137 Å². The van der Waals surface area contributed by atoms with Crippen molar-refractivity contribution in [2.45, 2.75) is 59.8 Å². The van der Waals surface area contributed by atoms with Crippen LogP contribution in [0.1, 0.15) is 62.2 Å². The summed E-state index contributed by atoms with van der Waals surface area (Å²) in [6, 6.07) is 37.3. The van der Waals surface area contributed by atoms with Crippen LogP contribution in [0.3, 0.4) is 0 Å². The van der Waals surface area contributed by atoms with E-state index in [0.717, 1.165) is 59.7 Å². The first-order valence-corrected chi connectivity index (χ1v) is 17.5. The normalized spacial score (nSPS) is 11.5. The summed E-state index contributed by atoms with van der Waals surface area (Å²) in [6.45, 7) is 15.4. The third-order valence-electron chi connectivity index (χ3n) is 8.81. The van der Waals surface area contributed by atoms with E-state index in [1.165, 1.54) is 27.8 Å². The fourth-order valence-electron chi connectivity index (χ4n) is 6.31. The van der Waals surface area contributed by atoms with E-state index in [1.54, 1.807) is 17.5 Å². The number of pyridine rings is 2. The minimum Gasteiger partial charge on any atom is -0.498 e. The van der Waals surface area contributed by atoms with Crippen LogP contribution in [0.5, 0.6) is 0 Å². The van der Waals surface area contributed by atoms with Crippen molar-refractivity contribution < 1.29 is 24.5 Å². The summed E-state index contributed by atoms with van der Waals surface area (Å²) in [5.74, 6) is 0.344. The van der Waals surface area contributed by atoms with Gasteiger partial charge in [-0.2, -0.15) is 0 Å². The zero-order valence-electron chi connectivity index (χ0n) is 29.4. The molecule has 8 rings (SSSR count). The number of aromatic nitrogens is 3. The van der Waals surface area contributed by atoms with Crippen LogP contribution in [-0.4, -0.2) is 15.0 Å². The van der Waals surface area contributed by atoms with Crippen LogP contribution in [0.25, 0.3) is 65.8 Å². The third kappa shape index (κ3) is 6.81. The Kier molecular flexibility index (Phi) is 10.2. The molecular formula is C44H39IrN3OS-2. The Bertz CT molecular complexity index is 2360. The number of hydrogen-bond acceptors (Lipinski definition) is 5. The fourth-order valence-corrected chi connectivity index (χ4v) is 7.33. The average Bonchev–Trinajstić information content (AvgIpc) is 3.72. The quantitative estimate of drug-likeness (QED) is 0.166. The SMILES string of the molecule is Cc1cccc(C)c1-c1cnc(-c2[c-]ccc3c2oc2c3ccc3sc(C(C)(C)C)nc32)cc1C(C)C.[Ir].[c-]1ccccc1-c1ccccn1. The first-order chi connectivity index (χ1) is 23.6. The van der Waals surface area contributed by atoms with Gasteiger partial charge in [-0.3, -0.25) is 0 Å². The van der Waals surface area contributed by atoms with E-state index in [-0.39, 0.29) is 25.5 Å². The van der Waals surface area contributed by atoms with Crippen molar-refractivity contribution >= 4 is 43.5 Å². The Morgan fingerprint density at radius 3 is 2.20 bits per heavy atom. The average molecular weight is 850 g/mol. The van der Waals surface area contributed by atoms with E-state index in [1.807, 2.05) is 54.7 Å². The van der Waals surface area contributed by atoms with Crippen LogP contribution in [0.2, 0.25) is 0 Å². The van der Waals surface area contributed by atoms with Crippen LogP contribution in [0.4, 0.5) is 0 Å². The molecule has 0 atom stereocenters. The molecule has 4 heterocycles. The van der Waals surface area contributed by atoms with Crippen LogP contribution in [0, 0.1) is 26.0 Å². The van der Waals surface area contributed by atoms with Crippen LogP contribution in [-0.2, 0) is 25.5 Å². The largest absolute Gasteiger partial charge is 0.498 e. The zero-order chi connectivity index (χ0) is 34.3. The van der Waals surface area contributed by atoms with Gasteiger partial charge in [0, 0.05) is 48.9 Å². The van der Waals surface area contributed by atoms with E-state index in [4.69, 9.17) is 14.4 Å². The molecule has 0 unspecified atom stereocenters. The smallest absolute Gasteiger partial charge is 0.148 e. The number of furan rings is 1. The summed E-state index contributed by atoms with van der Waals surface area (Å²) >= 11 is 1.75. The van der Waals surface area contributed by atoms with E-state index < -0.39 is 0 Å². The predicted octanol–water partition coefficient (Wildman–Crippen LogP) is 12.3. The van der Waals surface area contributed by atoms with Crippen molar-refractivity contribution in [2.24, 2.45) is 0 Å². The van der Waals surface area contributed by atoms with E-state index in [2.05, 4.69) is 108 Å². The number of benzene rings is 4. The predicted molar refractivity (Wildman–Crippen MR) is 205 cm³/mol. The Balaban J connectivity index is 0.000000281. The van der Waals surface area contributed by atoms with Gasteiger partial charge in [-0.15, -0.1) is 65.4 Å². The Morgan fingerprint density at radius 1 is 0.760 bits per heavy atom. The Labute approximate surface area is 312 Å². The van der Waals surface area contributed by atoms with Gasteiger partial charge in [0.05, 0.1) is 15.3 Å². The topological polar surface area (TPSA) is 51.8 Å². The monoisotopic (exact) mass is 850 g/mol. The number of fused-ring (bicyclic) bond motifs is 5. The molecule has 8 aromatic rings. The van der Waals surface area contributed by atoms with E-state index in [9.17, 15) is 0 Å². The first-order valence-electron chi connectivity index (χ1n) is 16.7. The van der Waals surface area contributed by atoms with Gasteiger partial charge in [0.2, 0.25) is 0 Å². The minimum absolute atomic E-state index is 0. The van der Waals surface area contributed by atoms with Crippen LogP contribution < -0.4 is 0 Å². The van der Waals surface area contributed by atoms with Crippen LogP contribution >= 0.6 is 11.3 Å². The Hall–Kier alpha value is -4.48. The van der Waals surface area contributed by atoms with Gasteiger partial charge in [0.25, 0.3) is 0 Å². The molecule has 253 valence electrons. The van der Waals surface area contributed by atoms with E-state index >= 15 is 0 Å². The molecule has 0 aliphatic rings. The molecule has 4 aromatic heterocycles. The number of rotatable bonds is 4. The van der Waals surface area contributed by atoms with Gasteiger partial charge >= 0.3 is 0 Å². The number of aryl methyl sites for hydroxylation is 2. The first kappa shape index (κ1) is 35.3. The van der Waals surface area contributed by atoms with Crippen LogP contribution in [0.15, 0.2) is 108 Å². The number of nitrogens with zero attached hydrogens (tertiary/aromatic N) is 3. The molecule has 1 radical (unpaired) electrons. The third-order valence-corrected chi connectivity index (χ3v) is 10.3. The molecule has 6 heteroatoms. The summed E-state index contributed by atoms with van der Waals surface area (Å²) in [5, 5.41) is 3.27. The van der Waals surface area contributed by atoms with Crippen molar-refractivity contribution in [3.63, 3.8) is 0 Å². The van der Waals surface area contributed by atoms with Crippen molar-refractivity contribution in [1.82, 2.24) is 15.0 Å². The molecule has 50 heavy (non-hydrogen) atoms. The van der Waals surface area contributed by atoms with Gasteiger partial charge in [-0.05, 0) is 65.5 Å². The molecule has 0 bridgehead atoms. The molecule has 0 aliphatic heterocycles. The number of thiazole rings is 1. The molecule has 4 aromatic carbocycles. The molecule has 0 fully saturated rings. The molecule has 4 nitrogen and oxygen atoms in total. The summed E-state index contributed by atoms with van der Waals surface area (Å²) in [4.78, 5) is 14.2. The van der Waals surface area contributed by atoms with Gasteiger partial charge in [-0.1, -0.05) is 88.0 Å². The molecule has 0 saturated heterocycles. The standard InChI is InChI=1S/C33H31N2OS.C11H8N.Ir/c1-18(2)24-16-26(34-17-25(24)28-19(3)10-8-11-20(28)4)23-13-9-12-21-22-14-15-27-29(31(22)36-30(21)23)35-32(37-27)33(5,6)7;1-2-6-10(7-3-1)11-8-4-5-9-12-11;/h8-12,14-18H,1-7H3;1-6,8-9H;/q2*-1;. The van der Waals surface area contributed by atoms with Gasteiger partial charge < -0.3 is 14.4 Å². The summed E-state index contributed by atoms with van der Waals surface area (Å²) in [7, 11) is 0. The van der Waals surface area contributed by atoms with Gasteiger partial charge in [0.15, 0.2) is 0 Å². The Morgan fingerprint density at radius 2 is 1.52 bits per heavy atom. The van der Waals surface area contributed by atoms with Crippen molar-refractivity contribution in [3.8, 4) is 33.6 Å². The second-order valence-corrected chi connectivity index (χ2v) is 14.9. The maximum Gasteiger partial charge on any atom is 0.148 e. The molecule has 0 saturated carbocycles. The molecular weight excluding hydrogens is 811 g/mol. The van der Waals surface area contributed by atoms with Crippen molar-refractivity contribution in [2.75, 3.05) is 0 Å².